The quantitative estimate of drug-likeness (QED) is 0.684. The molecule has 15 heavy (non-hydrogen) atoms. The Morgan fingerprint density at radius 1 is 1.07 bits per heavy atom. The lowest BCUT2D eigenvalue weighted by molar-refractivity contribution is -0.0758. The van der Waals surface area contributed by atoms with E-state index in [9.17, 15) is 0 Å². The van der Waals surface area contributed by atoms with Crippen molar-refractivity contribution in [1.82, 2.24) is 0 Å². The van der Waals surface area contributed by atoms with Crippen molar-refractivity contribution < 1.29 is 4.84 Å². The summed E-state index contributed by atoms with van der Waals surface area (Å²) in [7, 11) is 0. The van der Waals surface area contributed by atoms with E-state index < -0.39 is 0 Å². The van der Waals surface area contributed by atoms with Gasteiger partial charge in [0.15, 0.2) is 0 Å². The van der Waals surface area contributed by atoms with Gasteiger partial charge in [0.05, 0.1) is 5.71 Å². The molecule has 1 aliphatic carbocycles. The molecule has 1 heterocycles. The lowest BCUT2D eigenvalue weighted by Crippen LogP contribution is -2.49. The van der Waals surface area contributed by atoms with E-state index in [1.54, 1.807) is 0 Å². The van der Waals surface area contributed by atoms with Crippen molar-refractivity contribution in [2.24, 2.45) is 22.9 Å². The van der Waals surface area contributed by atoms with Crippen LogP contribution in [0.2, 0.25) is 0 Å². The number of nitrogens with zero attached hydrogens (tertiary/aromatic N) is 1. The lowest BCUT2D eigenvalue weighted by atomic mass is 9.62. The maximum Gasteiger partial charge on any atom is 0.139 e. The Labute approximate surface area is 89.9 Å². The number of oxime groups is 1. The summed E-state index contributed by atoms with van der Waals surface area (Å²) >= 11 is 0. The molecule has 2 heteroatoms. The highest BCUT2D eigenvalue weighted by Crippen LogP contribution is 2.47. The molecule has 0 bridgehead atoms. The molecule has 3 rings (SSSR count). The average molecular weight is 201 g/mol. The smallest absolute Gasteiger partial charge is 0.139 e. The van der Waals surface area contributed by atoms with Gasteiger partial charge in [-0.25, -0.2) is 0 Å². The minimum absolute atomic E-state index is 0.329. The maximum absolute atomic E-state index is 5.49. The van der Waals surface area contributed by atoms with Crippen LogP contribution in [0.5, 0.6) is 0 Å². The van der Waals surface area contributed by atoms with Crippen LogP contribution >= 0.6 is 0 Å². The molecule has 0 radical (unpaired) electrons. The van der Waals surface area contributed by atoms with E-state index in [-0.39, 0.29) is 0 Å². The first-order valence-corrected chi connectivity index (χ1v) is 5.58. The fourth-order valence-corrected chi connectivity index (χ4v) is 2.71. The van der Waals surface area contributed by atoms with Crippen molar-refractivity contribution in [3.63, 3.8) is 0 Å². The van der Waals surface area contributed by atoms with Gasteiger partial charge in [0, 0.05) is 5.92 Å². The summed E-state index contributed by atoms with van der Waals surface area (Å²) in [5.41, 5.74) is 2.36. The largest absolute Gasteiger partial charge is 0.391 e. The first-order valence-electron chi connectivity index (χ1n) is 5.58. The third-order valence-corrected chi connectivity index (χ3v) is 3.93. The van der Waals surface area contributed by atoms with E-state index in [1.165, 1.54) is 5.56 Å². The molecule has 2 aliphatic rings. The molecule has 2 nitrogen and oxygen atoms in total. The van der Waals surface area contributed by atoms with Crippen LogP contribution in [0.3, 0.4) is 0 Å². The van der Waals surface area contributed by atoms with Gasteiger partial charge in [-0.05, 0) is 17.4 Å². The van der Waals surface area contributed by atoms with Gasteiger partial charge in [-0.15, -0.1) is 0 Å². The summed E-state index contributed by atoms with van der Waals surface area (Å²) < 4.78 is 0. The van der Waals surface area contributed by atoms with E-state index >= 15 is 0 Å². The van der Waals surface area contributed by atoms with Crippen LogP contribution in [0.4, 0.5) is 0 Å². The monoisotopic (exact) mass is 201 g/mol. The second-order valence-electron chi connectivity index (χ2n) is 4.66. The minimum atomic E-state index is 0.329. The van der Waals surface area contributed by atoms with Crippen molar-refractivity contribution in [2.75, 3.05) is 0 Å². The van der Waals surface area contributed by atoms with Crippen molar-refractivity contribution in [3.8, 4) is 0 Å². The number of fused-ring (bicyclic) bond motifs is 1. The van der Waals surface area contributed by atoms with Crippen LogP contribution in [0.15, 0.2) is 35.5 Å². The Balaban J connectivity index is 1.91. The fourth-order valence-electron chi connectivity index (χ4n) is 2.71. The summed E-state index contributed by atoms with van der Waals surface area (Å²) in [5.74, 6) is 1.85. The number of benzene rings is 1. The van der Waals surface area contributed by atoms with Crippen LogP contribution in [0.1, 0.15) is 19.4 Å². The molecule has 0 unspecified atom stereocenters. The molecule has 78 valence electrons. The standard InChI is InChI=1S/C13H15NO/c1-8-9(2)13-11(8)12(14-15-13)10-6-4-3-5-7-10/h3-9,11,13H,1-2H3/t8-,9+,11-,13-/m0/s1. The highest BCUT2D eigenvalue weighted by molar-refractivity contribution is 6.03. The molecule has 1 aromatic rings. The van der Waals surface area contributed by atoms with Crippen molar-refractivity contribution in [2.45, 2.75) is 20.0 Å². The Hall–Kier alpha value is -1.31. The van der Waals surface area contributed by atoms with Gasteiger partial charge in [-0.3, -0.25) is 0 Å². The number of hydrogen-bond acceptors (Lipinski definition) is 2. The van der Waals surface area contributed by atoms with E-state index in [4.69, 9.17) is 4.84 Å². The lowest BCUT2D eigenvalue weighted by Gasteiger charge is -2.42. The molecule has 1 saturated carbocycles. The summed E-state index contributed by atoms with van der Waals surface area (Å²) in [5, 5.41) is 4.25. The Kier molecular flexibility index (Phi) is 1.84. The van der Waals surface area contributed by atoms with E-state index in [0.717, 1.165) is 5.71 Å². The number of hydrogen-bond donors (Lipinski definition) is 0. The number of rotatable bonds is 1. The molecule has 0 spiro atoms. The zero-order valence-corrected chi connectivity index (χ0v) is 9.05. The van der Waals surface area contributed by atoms with Gasteiger partial charge in [0.25, 0.3) is 0 Å². The topological polar surface area (TPSA) is 21.6 Å². The van der Waals surface area contributed by atoms with Crippen LogP contribution in [0.25, 0.3) is 0 Å². The van der Waals surface area contributed by atoms with E-state index in [1.807, 2.05) is 6.07 Å². The van der Waals surface area contributed by atoms with E-state index in [2.05, 4.69) is 43.3 Å². The average Bonchev–Trinajstić information content (AvgIpc) is 2.70. The summed E-state index contributed by atoms with van der Waals surface area (Å²) in [6.07, 6.45) is 0.329. The first-order chi connectivity index (χ1) is 7.29. The molecule has 4 atom stereocenters. The highest BCUT2D eigenvalue weighted by atomic mass is 16.6. The zero-order valence-electron chi connectivity index (χ0n) is 9.05. The summed E-state index contributed by atoms with van der Waals surface area (Å²) in [6.45, 7) is 4.54. The van der Waals surface area contributed by atoms with Crippen LogP contribution in [0, 0.1) is 17.8 Å². The first kappa shape index (κ1) is 8.96. The van der Waals surface area contributed by atoms with Crippen molar-refractivity contribution in [3.05, 3.63) is 35.9 Å². The minimum Gasteiger partial charge on any atom is -0.391 e. The van der Waals surface area contributed by atoms with Gasteiger partial charge >= 0.3 is 0 Å². The highest BCUT2D eigenvalue weighted by Gasteiger charge is 2.53. The SMILES string of the molecule is C[C@@H]1[C@H](C)[C@H]2C(c3ccccc3)=NO[C@@H]12. The predicted molar refractivity (Wildman–Crippen MR) is 59.7 cm³/mol. The zero-order chi connectivity index (χ0) is 10.4. The molecule has 0 saturated heterocycles. The molecular weight excluding hydrogens is 186 g/mol. The molecule has 1 fully saturated rings. The maximum atomic E-state index is 5.49. The Morgan fingerprint density at radius 2 is 1.80 bits per heavy atom. The van der Waals surface area contributed by atoms with Gasteiger partial charge < -0.3 is 4.84 Å². The van der Waals surface area contributed by atoms with Gasteiger partial charge in [-0.1, -0.05) is 49.3 Å². The van der Waals surface area contributed by atoms with Gasteiger partial charge in [0.1, 0.15) is 6.10 Å². The van der Waals surface area contributed by atoms with Crippen LogP contribution in [-0.2, 0) is 4.84 Å². The predicted octanol–water partition coefficient (Wildman–Crippen LogP) is 2.69. The second-order valence-corrected chi connectivity index (χ2v) is 4.66. The van der Waals surface area contributed by atoms with Crippen LogP contribution in [-0.4, -0.2) is 11.8 Å². The van der Waals surface area contributed by atoms with Crippen molar-refractivity contribution >= 4 is 5.71 Å². The normalized spacial score (nSPS) is 37.6. The fraction of sp³-hybridized carbons (Fsp3) is 0.462. The van der Waals surface area contributed by atoms with Gasteiger partial charge in [0.2, 0.25) is 0 Å². The van der Waals surface area contributed by atoms with Gasteiger partial charge in [-0.2, -0.15) is 0 Å². The molecule has 1 aliphatic heterocycles. The van der Waals surface area contributed by atoms with Crippen LogP contribution < -0.4 is 0 Å². The van der Waals surface area contributed by atoms with Crippen molar-refractivity contribution in [1.29, 1.82) is 0 Å². The Bertz CT molecular complexity index is 398. The molecular formula is C13H15NO. The summed E-state index contributed by atoms with van der Waals surface area (Å²) in [6, 6.07) is 10.4. The Morgan fingerprint density at radius 3 is 2.53 bits per heavy atom. The third kappa shape index (κ3) is 1.14. The summed E-state index contributed by atoms with van der Waals surface area (Å²) in [4.78, 5) is 5.49. The molecule has 0 N–H and O–H groups in total. The van der Waals surface area contributed by atoms with E-state index in [0.29, 0.717) is 23.9 Å². The third-order valence-electron chi connectivity index (χ3n) is 3.93. The second kappa shape index (κ2) is 3.09. The molecule has 1 aromatic carbocycles. The molecule has 0 amide bonds. The molecule has 0 aromatic heterocycles.